The van der Waals surface area contributed by atoms with Gasteiger partial charge in [-0.3, -0.25) is 0 Å². The van der Waals surface area contributed by atoms with Crippen LogP contribution in [0, 0.1) is 0 Å². The first kappa shape index (κ1) is 12.7. The maximum atomic E-state index is 11.1. The maximum Gasteiger partial charge on any atom is 0.374 e. The number of carboxylic acid groups (broad SMARTS) is 1. The highest BCUT2D eigenvalue weighted by molar-refractivity contribution is 5.93. The normalized spacial score (nSPS) is 10.2. The Morgan fingerprint density at radius 2 is 2.11 bits per heavy atom. The summed E-state index contributed by atoms with van der Waals surface area (Å²) in [5.41, 5.74) is 5.93. The zero-order valence-electron chi connectivity index (χ0n) is 10.3. The van der Waals surface area contributed by atoms with Gasteiger partial charge in [-0.05, 0) is 18.2 Å². The number of carbonyl (C=O) groups is 1. The highest BCUT2D eigenvalue weighted by Gasteiger charge is 2.23. The topological polar surface area (TPSA) is 108 Å². The lowest BCUT2D eigenvalue weighted by molar-refractivity contribution is 0.0665. The minimum atomic E-state index is -1.26. The lowest BCUT2D eigenvalue weighted by Gasteiger charge is -2.08. The van der Waals surface area contributed by atoms with E-state index in [2.05, 4.69) is 4.98 Å². The van der Waals surface area contributed by atoms with Gasteiger partial charge in [0.15, 0.2) is 0 Å². The molecule has 0 radical (unpaired) electrons. The van der Waals surface area contributed by atoms with Gasteiger partial charge in [0.1, 0.15) is 17.2 Å². The Hall–Kier alpha value is -2.70. The van der Waals surface area contributed by atoms with Gasteiger partial charge in [-0.1, -0.05) is 0 Å². The molecule has 1 heterocycles. The van der Waals surface area contributed by atoms with Crippen molar-refractivity contribution < 1.29 is 23.8 Å². The molecule has 0 spiro atoms. The quantitative estimate of drug-likeness (QED) is 0.864. The molecule has 0 amide bonds. The number of ether oxygens (including phenoxy) is 2. The van der Waals surface area contributed by atoms with Crippen LogP contribution in [0.15, 0.2) is 22.6 Å². The first-order valence-electron chi connectivity index (χ1n) is 5.28. The molecular formula is C12H12N2O5. The van der Waals surface area contributed by atoms with Crippen LogP contribution in [0.2, 0.25) is 0 Å². The van der Waals surface area contributed by atoms with Crippen LogP contribution in [0.1, 0.15) is 10.6 Å². The zero-order chi connectivity index (χ0) is 14.0. The van der Waals surface area contributed by atoms with Crippen LogP contribution < -0.4 is 15.2 Å². The average molecular weight is 264 g/mol. The van der Waals surface area contributed by atoms with E-state index < -0.39 is 5.97 Å². The Morgan fingerprint density at radius 1 is 1.37 bits per heavy atom. The fraction of sp³-hybridized carbons (Fsp3) is 0.167. The first-order valence-corrected chi connectivity index (χ1v) is 5.28. The summed E-state index contributed by atoms with van der Waals surface area (Å²) in [6.07, 6.45) is 0. The van der Waals surface area contributed by atoms with Crippen molar-refractivity contribution in [2.45, 2.75) is 0 Å². The summed E-state index contributed by atoms with van der Waals surface area (Å²) in [4.78, 5) is 15.0. The summed E-state index contributed by atoms with van der Waals surface area (Å²) in [6.45, 7) is 0. The summed E-state index contributed by atoms with van der Waals surface area (Å²) in [5.74, 6) is -0.626. The van der Waals surface area contributed by atoms with E-state index in [-0.39, 0.29) is 17.5 Å². The molecule has 0 saturated heterocycles. The molecular weight excluding hydrogens is 252 g/mol. The average Bonchev–Trinajstić information content (AvgIpc) is 2.80. The van der Waals surface area contributed by atoms with Crippen LogP contribution in [0.3, 0.4) is 0 Å². The van der Waals surface area contributed by atoms with Gasteiger partial charge in [-0.15, -0.1) is 0 Å². The number of oxazole rings is 1. The number of methoxy groups -OCH3 is 2. The monoisotopic (exact) mass is 264 g/mol. The number of benzene rings is 1. The van der Waals surface area contributed by atoms with Crippen molar-refractivity contribution in [2.24, 2.45) is 0 Å². The molecule has 0 unspecified atom stereocenters. The molecule has 7 heteroatoms. The smallest absolute Gasteiger partial charge is 0.374 e. The number of aromatic nitrogens is 1. The molecule has 0 atom stereocenters. The number of nitrogen functional groups attached to an aromatic ring is 1. The zero-order valence-corrected chi connectivity index (χ0v) is 10.3. The molecule has 1 aromatic carbocycles. The largest absolute Gasteiger partial charge is 0.497 e. The van der Waals surface area contributed by atoms with Crippen LogP contribution in [-0.2, 0) is 0 Å². The fourth-order valence-corrected chi connectivity index (χ4v) is 1.66. The second-order valence-corrected chi connectivity index (χ2v) is 3.60. The molecule has 0 saturated carbocycles. The predicted molar refractivity (Wildman–Crippen MR) is 66.4 cm³/mol. The SMILES string of the molecule is COc1ccc(OC)c(-c2nc(N)oc2C(=O)O)c1. The Morgan fingerprint density at radius 3 is 2.68 bits per heavy atom. The number of hydrogen-bond donors (Lipinski definition) is 2. The van der Waals surface area contributed by atoms with Gasteiger partial charge in [0.2, 0.25) is 5.76 Å². The van der Waals surface area contributed by atoms with Gasteiger partial charge in [0, 0.05) is 0 Å². The third kappa shape index (κ3) is 2.30. The molecule has 19 heavy (non-hydrogen) atoms. The number of rotatable bonds is 4. The van der Waals surface area contributed by atoms with E-state index in [0.717, 1.165) is 0 Å². The molecule has 0 aliphatic heterocycles. The van der Waals surface area contributed by atoms with Crippen molar-refractivity contribution in [3.63, 3.8) is 0 Å². The van der Waals surface area contributed by atoms with Gasteiger partial charge in [0.25, 0.3) is 6.01 Å². The lowest BCUT2D eigenvalue weighted by Crippen LogP contribution is -1.98. The van der Waals surface area contributed by atoms with Crippen molar-refractivity contribution in [2.75, 3.05) is 20.0 Å². The van der Waals surface area contributed by atoms with Crippen LogP contribution in [0.25, 0.3) is 11.3 Å². The van der Waals surface area contributed by atoms with Crippen molar-refractivity contribution in [3.05, 3.63) is 24.0 Å². The van der Waals surface area contributed by atoms with Crippen molar-refractivity contribution in [3.8, 4) is 22.8 Å². The Labute approximate surface area is 108 Å². The Balaban J connectivity index is 2.66. The number of nitrogens with two attached hydrogens (primary N) is 1. The van der Waals surface area contributed by atoms with Crippen LogP contribution in [-0.4, -0.2) is 30.3 Å². The Bertz CT molecular complexity index is 621. The maximum absolute atomic E-state index is 11.1. The second-order valence-electron chi connectivity index (χ2n) is 3.60. The van der Waals surface area contributed by atoms with Gasteiger partial charge in [-0.2, -0.15) is 4.98 Å². The van der Waals surface area contributed by atoms with Crippen LogP contribution >= 0.6 is 0 Å². The molecule has 0 bridgehead atoms. The Kier molecular flexibility index (Phi) is 3.28. The van der Waals surface area contributed by atoms with E-state index in [4.69, 9.17) is 24.7 Å². The van der Waals surface area contributed by atoms with E-state index >= 15 is 0 Å². The molecule has 1 aromatic heterocycles. The molecule has 0 aliphatic rings. The van der Waals surface area contributed by atoms with E-state index in [9.17, 15) is 4.79 Å². The van der Waals surface area contributed by atoms with Crippen molar-refractivity contribution in [1.82, 2.24) is 4.98 Å². The van der Waals surface area contributed by atoms with Crippen LogP contribution in [0.5, 0.6) is 11.5 Å². The van der Waals surface area contributed by atoms with Crippen molar-refractivity contribution >= 4 is 12.0 Å². The van der Waals surface area contributed by atoms with Gasteiger partial charge < -0.3 is 24.7 Å². The molecule has 100 valence electrons. The minimum absolute atomic E-state index is 0.0979. The minimum Gasteiger partial charge on any atom is -0.497 e. The number of hydrogen-bond acceptors (Lipinski definition) is 6. The number of aromatic carboxylic acids is 1. The predicted octanol–water partition coefficient (Wildman–Crippen LogP) is 1.64. The molecule has 0 fully saturated rings. The second kappa shape index (κ2) is 4.89. The van der Waals surface area contributed by atoms with Gasteiger partial charge in [0.05, 0.1) is 19.8 Å². The first-order chi connectivity index (χ1) is 9.06. The summed E-state index contributed by atoms with van der Waals surface area (Å²) in [6, 6.07) is 4.71. The highest BCUT2D eigenvalue weighted by Crippen LogP contribution is 2.35. The lowest BCUT2D eigenvalue weighted by atomic mass is 10.1. The molecule has 2 rings (SSSR count). The molecule has 7 nitrogen and oxygen atoms in total. The van der Waals surface area contributed by atoms with E-state index in [0.29, 0.717) is 17.1 Å². The number of nitrogens with zero attached hydrogens (tertiary/aromatic N) is 1. The van der Waals surface area contributed by atoms with E-state index in [1.54, 1.807) is 18.2 Å². The van der Waals surface area contributed by atoms with Gasteiger partial charge in [-0.25, -0.2) is 4.79 Å². The third-order valence-corrected chi connectivity index (χ3v) is 2.50. The summed E-state index contributed by atoms with van der Waals surface area (Å²) < 4.78 is 15.1. The number of anilines is 1. The third-order valence-electron chi connectivity index (χ3n) is 2.50. The molecule has 0 aliphatic carbocycles. The standard InChI is InChI=1S/C12H12N2O5/c1-17-6-3-4-8(18-2)7(5-6)9-10(11(15)16)19-12(13)14-9/h3-5H,1-2H3,(H2,13,14)(H,15,16). The highest BCUT2D eigenvalue weighted by atomic mass is 16.5. The van der Waals surface area contributed by atoms with E-state index in [1.807, 2.05) is 0 Å². The number of carboxylic acids is 1. The molecule has 2 aromatic rings. The van der Waals surface area contributed by atoms with E-state index in [1.165, 1.54) is 14.2 Å². The van der Waals surface area contributed by atoms with Crippen molar-refractivity contribution in [1.29, 1.82) is 0 Å². The summed E-state index contributed by atoms with van der Waals surface area (Å²) in [5, 5.41) is 9.07. The summed E-state index contributed by atoms with van der Waals surface area (Å²) >= 11 is 0. The van der Waals surface area contributed by atoms with Crippen LogP contribution in [0.4, 0.5) is 6.01 Å². The summed E-state index contributed by atoms with van der Waals surface area (Å²) in [7, 11) is 2.97. The van der Waals surface area contributed by atoms with Gasteiger partial charge >= 0.3 is 5.97 Å². The molecule has 3 N–H and O–H groups in total. The fourth-order valence-electron chi connectivity index (χ4n) is 1.66.